The summed E-state index contributed by atoms with van der Waals surface area (Å²) in [5.41, 5.74) is 0. The van der Waals surface area contributed by atoms with Crippen molar-refractivity contribution in [3.63, 3.8) is 0 Å². The molecule has 0 fully saturated rings. The summed E-state index contributed by atoms with van der Waals surface area (Å²) in [7, 11) is -4.10. The average molecular weight is 443 g/mol. The molecule has 170 valence electrons. The van der Waals surface area contributed by atoms with Gasteiger partial charge in [0.1, 0.15) is 0 Å². The van der Waals surface area contributed by atoms with Crippen molar-refractivity contribution in [3.05, 3.63) is 0 Å². The van der Waals surface area contributed by atoms with Crippen LogP contribution in [0.1, 0.15) is 135 Å². The van der Waals surface area contributed by atoms with Gasteiger partial charge in [-0.05, 0) is 19.3 Å². The van der Waals surface area contributed by atoms with Crippen molar-refractivity contribution in [3.8, 4) is 0 Å². The molecular weight excluding hydrogens is 395 g/mol. The zero-order valence-electron chi connectivity index (χ0n) is 19.5. The molecule has 1 unspecified atom stereocenters. The van der Waals surface area contributed by atoms with Crippen molar-refractivity contribution in [2.75, 3.05) is 6.61 Å². The van der Waals surface area contributed by atoms with E-state index < -0.39 is 15.4 Å². The van der Waals surface area contributed by atoms with Crippen LogP contribution in [-0.4, -0.2) is 29.9 Å². The van der Waals surface area contributed by atoms with E-state index in [1.54, 1.807) is 6.92 Å². The average Bonchev–Trinajstić information content (AvgIpc) is 2.65. The van der Waals surface area contributed by atoms with Crippen LogP contribution in [0.25, 0.3) is 0 Å². The largest absolute Gasteiger partial charge is 1.00 e. The van der Waals surface area contributed by atoms with Crippen LogP contribution in [0, 0.1) is 0 Å². The third-order valence-electron chi connectivity index (χ3n) is 5.80. The summed E-state index contributed by atoms with van der Waals surface area (Å²) in [6, 6.07) is 0. The molecule has 6 heteroatoms. The predicted molar refractivity (Wildman–Crippen MR) is 119 cm³/mol. The van der Waals surface area contributed by atoms with Crippen LogP contribution in [-0.2, 0) is 10.1 Å². The van der Waals surface area contributed by atoms with Crippen molar-refractivity contribution in [1.82, 2.24) is 0 Å². The smallest absolute Gasteiger partial charge is 0.748 e. The first-order valence-electron chi connectivity index (χ1n) is 12.1. The fraction of sp³-hybridized carbons (Fsp3) is 1.00. The molecule has 0 aliphatic heterocycles. The van der Waals surface area contributed by atoms with Gasteiger partial charge >= 0.3 is 29.6 Å². The van der Waals surface area contributed by atoms with Gasteiger partial charge in [-0.3, -0.25) is 0 Å². The minimum absolute atomic E-state index is 0. The first-order valence-corrected chi connectivity index (χ1v) is 13.5. The molecule has 1 N–H and O–H groups in total. The van der Waals surface area contributed by atoms with Crippen LogP contribution < -0.4 is 29.6 Å². The standard InChI is InChI=1S/C23H48O4S.Na/c1-2-23(28(25,26)27)21-19-17-15-13-11-9-7-5-3-4-6-8-10-12-14-16-18-20-22-24;/h23-24H,2-22H2,1H3,(H,25,26,27);/q;+1/p-1. The molecule has 0 aliphatic rings. The maximum atomic E-state index is 11.0. The van der Waals surface area contributed by atoms with E-state index in [1.165, 1.54) is 89.9 Å². The molecule has 1 atom stereocenters. The fourth-order valence-corrected chi connectivity index (χ4v) is 4.73. The molecule has 0 saturated carbocycles. The van der Waals surface area contributed by atoms with Crippen molar-refractivity contribution >= 4 is 10.1 Å². The van der Waals surface area contributed by atoms with Gasteiger partial charge in [0.05, 0.1) is 10.1 Å². The summed E-state index contributed by atoms with van der Waals surface area (Å²) in [5, 5.41) is 8.05. The van der Waals surface area contributed by atoms with E-state index in [4.69, 9.17) is 5.11 Å². The molecule has 0 saturated heterocycles. The third kappa shape index (κ3) is 23.4. The van der Waals surface area contributed by atoms with Crippen LogP contribution in [0.5, 0.6) is 0 Å². The van der Waals surface area contributed by atoms with Crippen LogP contribution in [0.15, 0.2) is 0 Å². The molecule has 0 aromatic rings. The second kappa shape index (κ2) is 23.5. The molecule has 0 spiro atoms. The van der Waals surface area contributed by atoms with E-state index in [0.29, 0.717) is 19.4 Å². The van der Waals surface area contributed by atoms with Crippen LogP contribution in [0.4, 0.5) is 0 Å². The van der Waals surface area contributed by atoms with Crippen molar-refractivity contribution in [2.24, 2.45) is 0 Å². The van der Waals surface area contributed by atoms with Gasteiger partial charge in [0.15, 0.2) is 0 Å². The topological polar surface area (TPSA) is 77.4 Å². The van der Waals surface area contributed by atoms with E-state index >= 15 is 0 Å². The number of rotatable bonds is 22. The van der Waals surface area contributed by atoms with Gasteiger partial charge in [0.25, 0.3) is 0 Å². The quantitative estimate of drug-likeness (QED) is 0.157. The number of hydrogen-bond acceptors (Lipinski definition) is 4. The Bertz CT molecular complexity index is 415. The Labute approximate surface area is 204 Å². The van der Waals surface area contributed by atoms with E-state index in [-0.39, 0.29) is 29.6 Å². The van der Waals surface area contributed by atoms with Crippen LogP contribution in [0.3, 0.4) is 0 Å². The van der Waals surface area contributed by atoms with Crippen LogP contribution in [0.2, 0.25) is 0 Å². The Balaban J connectivity index is 0. The molecule has 0 aromatic carbocycles. The van der Waals surface area contributed by atoms with Gasteiger partial charge in [0, 0.05) is 11.9 Å². The van der Waals surface area contributed by atoms with E-state index in [2.05, 4.69) is 0 Å². The molecule has 0 heterocycles. The molecule has 0 radical (unpaired) electrons. The summed E-state index contributed by atoms with van der Waals surface area (Å²) >= 11 is 0. The minimum atomic E-state index is -4.10. The maximum Gasteiger partial charge on any atom is 1.00 e. The zero-order valence-corrected chi connectivity index (χ0v) is 22.3. The Hall–Kier alpha value is 0.870. The molecule has 0 aliphatic carbocycles. The first kappa shape index (κ1) is 32.1. The fourth-order valence-electron chi connectivity index (χ4n) is 3.86. The summed E-state index contributed by atoms with van der Waals surface area (Å²) in [6.45, 7) is 2.12. The minimum Gasteiger partial charge on any atom is -0.748 e. The van der Waals surface area contributed by atoms with Crippen molar-refractivity contribution in [2.45, 2.75) is 141 Å². The first-order chi connectivity index (χ1) is 13.5. The van der Waals surface area contributed by atoms with E-state index in [0.717, 1.165) is 25.7 Å². The predicted octanol–water partition coefficient (Wildman–Crippen LogP) is 3.72. The number of aliphatic hydroxyl groups is 1. The molecule has 29 heavy (non-hydrogen) atoms. The van der Waals surface area contributed by atoms with Gasteiger partial charge in [-0.15, -0.1) is 0 Å². The molecule has 0 amide bonds. The summed E-state index contributed by atoms with van der Waals surface area (Å²) in [6.07, 6.45) is 23.6. The number of hydrogen-bond donors (Lipinski definition) is 1. The van der Waals surface area contributed by atoms with Gasteiger partial charge in [-0.25, -0.2) is 8.42 Å². The van der Waals surface area contributed by atoms with Gasteiger partial charge < -0.3 is 9.66 Å². The van der Waals surface area contributed by atoms with Gasteiger partial charge in [-0.2, -0.15) is 0 Å². The van der Waals surface area contributed by atoms with E-state index in [1.807, 2.05) is 0 Å². The van der Waals surface area contributed by atoms with Crippen molar-refractivity contribution < 1.29 is 47.6 Å². The SMILES string of the molecule is CCC(CCCCCCCCCCCCCCCCCCCCO)S(=O)(=O)[O-].[Na+]. The molecular formula is C23H47NaO4S. The Morgan fingerprint density at radius 3 is 1.14 bits per heavy atom. The summed E-state index contributed by atoms with van der Waals surface area (Å²) < 4.78 is 33.1. The summed E-state index contributed by atoms with van der Waals surface area (Å²) in [5.74, 6) is 0. The van der Waals surface area contributed by atoms with Crippen molar-refractivity contribution in [1.29, 1.82) is 0 Å². The molecule has 0 rings (SSSR count). The van der Waals surface area contributed by atoms with Gasteiger partial charge in [0.2, 0.25) is 0 Å². The Kier molecular flexibility index (Phi) is 26.0. The molecule has 0 bridgehead atoms. The number of unbranched alkanes of at least 4 members (excludes halogenated alkanes) is 17. The van der Waals surface area contributed by atoms with E-state index in [9.17, 15) is 13.0 Å². The normalized spacial score (nSPS) is 12.7. The Morgan fingerprint density at radius 2 is 0.897 bits per heavy atom. The number of aliphatic hydroxyl groups excluding tert-OH is 1. The van der Waals surface area contributed by atoms with Gasteiger partial charge in [-0.1, -0.05) is 116 Å². The Morgan fingerprint density at radius 1 is 0.621 bits per heavy atom. The third-order valence-corrected chi connectivity index (χ3v) is 7.18. The monoisotopic (exact) mass is 442 g/mol. The zero-order chi connectivity index (χ0) is 20.9. The molecule has 0 aromatic heterocycles. The second-order valence-electron chi connectivity index (χ2n) is 8.40. The maximum absolute atomic E-state index is 11.0. The summed E-state index contributed by atoms with van der Waals surface area (Å²) in [4.78, 5) is 0. The second-order valence-corrected chi connectivity index (χ2v) is 10.1. The molecule has 4 nitrogen and oxygen atoms in total. The van der Waals surface area contributed by atoms with Crippen LogP contribution >= 0.6 is 0 Å².